The second kappa shape index (κ2) is 4.98. The van der Waals surface area contributed by atoms with Crippen molar-refractivity contribution in [1.29, 1.82) is 0 Å². The van der Waals surface area contributed by atoms with Gasteiger partial charge < -0.3 is 0 Å². The Balaban J connectivity index is 1.71. The summed E-state index contributed by atoms with van der Waals surface area (Å²) in [5.41, 5.74) is 12.1. The Bertz CT molecular complexity index is 1450. The molecule has 160 valence electrons. The molecule has 0 fully saturated rings. The summed E-state index contributed by atoms with van der Waals surface area (Å²) in [6.07, 6.45) is 0. The number of hydrogen-bond donors (Lipinski definition) is 0. The SMILES string of the molecule is Cc1ccc2c3c(ccc(C)c13)C1(C)c3ccc4c5c(ccc(c35)C21C)C(C)(C)C4(C)C. The molecular weight excluding hydrogens is 384 g/mol. The number of fused-ring (bicyclic) bond motifs is 5. The molecule has 0 nitrogen and oxygen atoms in total. The fraction of sp³-hybridized carbons (Fsp3) is 0.375. The third kappa shape index (κ3) is 1.54. The quantitative estimate of drug-likeness (QED) is 0.271. The summed E-state index contributed by atoms with van der Waals surface area (Å²) in [6.45, 7) is 19.3. The Morgan fingerprint density at radius 2 is 0.656 bits per heavy atom. The van der Waals surface area contributed by atoms with Crippen LogP contribution in [0.1, 0.15) is 86.1 Å². The average Bonchev–Trinajstić information content (AvgIpc) is 3.14. The van der Waals surface area contributed by atoms with Gasteiger partial charge in [-0.1, -0.05) is 90.1 Å². The van der Waals surface area contributed by atoms with Gasteiger partial charge in [-0.2, -0.15) is 0 Å². The highest BCUT2D eigenvalue weighted by Gasteiger charge is 2.61. The zero-order valence-corrected chi connectivity index (χ0v) is 20.6. The third-order valence-corrected chi connectivity index (χ3v) is 10.8. The summed E-state index contributed by atoms with van der Waals surface area (Å²) in [7, 11) is 0. The van der Waals surface area contributed by atoms with Crippen molar-refractivity contribution >= 4 is 21.5 Å². The van der Waals surface area contributed by atoms with E-state index in [-0.39, 0.29) is 21.7 Å². The first kappa shape index (κ1) is 18.9. The first-order valence-electron chi connectivity index (χ1n) is 12.1. The lowest BCUT2D eigenvalue weighted by molar-refractivity contribution is 0.322. The Morgan fingerprint density at radius 1 is 0.375 bits per heavy atom. The average molecular weight is 417 g/mol. The Labute approximate surface area is 191 Å². The minimum Gasteiger partial charge on any atom is -0.0584 e. The van der Waals surface area contributed by atoms with Crippen LogP contribution in [0.15, 0.2) is 48.5 Å². The summed E-state index contributed by atoms with van der Waals surface area (Å²) in [5.74, 6) is 0. The maximum atomic E-state index is 2.52. The molecule has 4 aromatic carbocycles. The number of hydrogen-bond acceptors (Lipinski definition) is 0. The molecule has 2 unspecified atom stereocenters. The minimum absolute atomic E-state index is 0.0502. The molecule has 3 aliphatic rings. The topological polar surface area (TPSA) is 0 Å². The van der Waals surface area contributed by atoms with Crippen LogP contribution < -0.4 is 0 Å². The molecule has 0 heterocycles. The van der Waals surface area contributed by atoms with Gasteiger partial charge in [-0.25, -0.2) is 0 Å². The zero-order chi connectivity index (χ0) is 22.6. The predicted octanol–water partition coefficient (Wildman–Crippen LogP) is 8.12. The lowest BCUT2D eigenvalue weighted by Crippen LogP contribution is -2.39. The van der Waals surface area contributed by atoms with Gasteiger partial charge in [-0.05, 0) is 90.7 Å². The molecule has 32 heavy (non-hydrogen) atoms. The van der Waals surface area contributed by atoms with Crippen molar-refractivity contribution < 1.29 is 0 Å². The van der Waals surface area contributed by atoms with Crippen LogP contribution in [0.5, 0.6) is 0 Å². The van der Waals surface area contributed by atoms with Crippen molar-refractivity contribution in [3.8, 4) is 0 Å². The van der Waals surface area contributed by atoms with Crippen LogP contribution >= 0.6 is 0 Å². The van der Waals surface area contributed by atoms with E-state index < -0.39 is 0 Å². The maximum absolute atomic E-state index is 2.52. The second-order valence-corrected chi connectivity index (χ2v) is 12.2. The van der Waals surface area contributed by atoms with Gasteiger partial charge in [-0.3, -0.25) is 0 Å². The van der Waals surface area contributed by atoms with Gasteiger partial charge in [0.25, 0.3) is 0 Å². The Morgan fingerprint density at radius 3 is 1.06 bits per heavy atom. The van der Waals surface area contributed by atoms with Gasteiger partial charge in [0.2, 0.25) is 0 Å². The largest absolute Gasteiger partial charge is 0.0584 e. The van der Waals surface area contributed by atoms with Crippen LogP contribution in [0.4, 0.5) is 0 Å². The fourth-order valence-corrected chi connectivity index (χ4v) is 8.11. The van der Waals surface area contributed by atoms with Gasteiger partial charge in [0, 0.05) is 10.8 Å². The maximum Gasteiger partial charge on any atom is 0.0322 e. The van der Waals surface area contributed by atoms with E-state index in [1.807, 2.05) is 0 Å². The van der Waals surface area contributed by atoms with E-state index in [1.54, 1.807) is 10.8 Å². The van der Waals surface area contributed by atoms with Gasteiger partial charge >= 0.3 is 0 Å². The smallest absolute Gasteiger partial charge is 0.0322 e. The summed E-state index contributed by atoms with van der Waals surface area (Å²) < 4.78 is 0. The molecule has 0 saturated heterocycles. The molecule has 0 saturated carbocycles. The van der Waals surface area contributed by atoms with Crippen LogP contribution in [0, 0.1) is 13.8 Å². The third-order valence-electron chi connectivity index (χ3n) is 10.8. The Kier molecular flexibility index (Phi) is 2.95. The van der Waals surface area contributed by atoms with E-state index in [0.717, 1.165) is 0 Å². The van der Waals surface area contributed by atoms with Crippen molar-refractivity contribution in [2.24, 2.45) is 0 Å². The first-order chi connectivity index (χ1) is 15.0. The van der Waals surface area contributed by atoms with E-state index in [9.17, 15) is 0 Å². The molecule has 0 bridgehead atoms. The van der Waals surface area contributed by atoms with Crippen molar-refractivity contribution in [1.82, 2.24) is 0 Å². The highest BCUT2D eigenvalue weighted by Crippen LogP contribution is 2.69. The lowest BCUT2D eigenvalue weighted by Gasteiger charge is -2.39. The lowest BCUT2D eigenvalue weighted by atomic mass is 9.62. The molecule has 0 amide bonds. The van der Waals surface area contributed by atoms with E-state index in [2.05, 4.69) is 104 Å². The standard InChI is InChI=1S/C32H32/c1-17-9-11-21-27-22(12-10-18(2)25(17)27)32(8)24-16-14-20-26-19(29(3,4)30(20,5)6)13-15-23(28(24)26)31(21,32)7/h9-16H,1-8H3. The number of rotatable bonds is 0. The minimum atomic E-state index is -0.0502. The molecule has 0 N–H and O–H groups in total. The van der Waals surface area contributed by atoms with Gasteiger partial charge in [0.05, 0.1) is 0 Å². The van der Waals surface area contributed by atoms with Crippen molar-refractivity contribution in [3.63, 3.8) is 0 Å². The van der Waals surface area contributed by atoms with E-state index in [4.69, 9.17) is 0 Å². The summed E-state index contributed by atoms with van der Waals surface area (Å²) >= 11 is 0. The monoisotopic (exact) mass is 416 g/mol. The summed E-state index contributed by atoms with van der Waals surface area (Å²) in [5, 5.41) is 6.07. The number of benzene rings is 4. The molecule has 0 spiro atoms. The van der Waals surface area contributed by atoms with Crippen LogP contribution in [0.3, 0.4) is 0 Å². The summed E-state index contributed by atoms with van der Waals surface area (Å²) in [4.78, 5) is 0. The Hall–Kier alpha value is -2.60. The van der Waals surface area contributed by atoms with Crippen LogP contribution in [-0.2, 0) is 21.7 Å². The van der Waals surface area contributed by atoms with Crippen LogP contribution in [0.25, 0.3) is 21.5 Å². The van der Waals surface area contributed by atoms with Crippen molar-refractivity contribution in [3.05, 3.63) is 93.0 Å². The van der Waals surface area contributed by atoms with Gasteiger partial charge in [-0.15, -0.1) is 0 Å². The van der Waals surface area contributed by atoms with E-state index in [0.29, 0.717) is 0 Å². The summed E-state index contributed by atoms with van der Waals surface area (Å²) in [6, 6.07) is 19.5. The van der Waals surface area contributed by atoms with Gasteiger partial charge in [0.1, 0.15) is 0 Å². The zero-order valence-electron chi connectivity index (χ0n) is 20.6. The molecule has 0 aliphatic heterocycles. The highest BCUT2D eigenvalue weighted by molar-refractivity contribution is 6.08. The molecule has 4 aromatic rings. The normalized spacial score (nSPS) is 27.5. The van der Waals surface area contributed by atoms with Crippen LogP contribution in [-0.4, -0.2) is 0 Å². The van der Waals surface area contributed by atoms with Crippen LogP contribution in [0.2, 0.25) is 0 Å². The first-order valence-corrected chi connectivity index (χ1v) is 12.1. The molecule has 2 atom stereocenters. The second-order valence-electron chi connectivity index (χ2n) is 12.2. The molecule has 7 rings (SSSR count). The number of aryl methyl sites for hydroxylation is 2. The fourth-order valence-electron chi connectivity index (χ4n) is 8.11. The molecule has 3 aliphatic carbocycles. The van der Waals surface area contributed by atoms with E-state index >= 15 is 0 Å². The van der Waals surface area contributed by atoms with E-state index in [1.165, 1.54) is 55.3 Å². The highest BCUT2D eigenvalue weighted by atomic mass is 14.6. The molecule has 0 radical (unpaired) electrons. The molecular formula is C32H32. The van der Waals surface area contributed by atoms with Crippen molar-refractivity contribution in [2.75, 3.05) is 0 Å². The van der Waals surface area contributed by atoms with Crippen molar-refractivity contribution in [2.45, 2.75) is 77.0 Å². The molecule has 0 aromatic heterocycles. The predicted molar refractivity (Wildman–Crippen MR) is 136 cm³/mol. The van der Waals surface area contributed by atoms with Gasteiger partial charge in [0.15, 0.2) is 0 Å². The molecule has 0 heteroatoms.